The van der Waals surface area contributed by atoms with Crippen molar-refractivity contribution in [3.05, 3.63) is 33.8 Å². The number of amides is 2. The number of halogens is 2. The number of hydrogen-bond acceptors (Lipinski definition) is 2. The van der Waals surface area contributed by atoms with Crippen molar-refractivity contribution in [3.63, 3.8) is 0 Å². The Morgan fingerprint density at radius 3 is 2.81 bits per heavy atom. The molecule has 114 valence electrons. The summed E-state index contributed by atoms with van der Waals surface area (Å²) in [5, 5.41) is 6.84. The third-order valence-corrected chi connectivity index (χ3v) is 4.22. The average molecular weight is 329 g/mol. The molecule has 6 heteroatoms. The predicted molar refractivity (Wildman–Crippen MR) is 83.6 cm³/mol. The summed E-state index contributed by atoms with van der Waals surface area (Å²) in [6, 6.07) is 4.93. The number of carbonyl (C=O) groups excluding carboxylic acids is 2. The van der Waals surface area contributed by atoms with Crippen LogP contribution in [0.25, 0.3) is 0 Å². The molecule has 0 spiro atoms. The Labute approximate surface area is 134 Å². The highest BCUT2D eigenvalue weighted by atomic mass is 35.5. The fourth-order valence-electron chi connectivity index (χ4n) is 2.36. The van der Waals surface area contributed by atoms with Crippen LogP contribution in [0.1, 0.15) is 31.7 Å². The Morgan fingerprint density at radius 2 is 2.24 bits per heavy atom. The summed E-state index contributed by atoms with van der Waals surface area (Å²) in [6.07, 6.45) is 2.39. The molecule has 4 nitrogen and oxygen atoms in total. The molecule has 0 radical (unpaired) electrons. The van der Waals surface area contributed by atoms with E-state index in [2.05, 4.69) is 10.6 Å². The van der Waals surface area contributed by atoms with E-state index in [1.807, 2.05) is 13.0 Å². The van der Waals surface area contributed by atoms with E-state index in [0.717, 1.165) is 12.0 Å². The highest BCUT2D eigenvalue weighted by Gasteiger charge is 2.28. The summed E-state index contributed by atoms with van der Waals surface area (Å²) in [7, 11) is 0. The van der Waals surface area contributed by atoms with Crippen molar-refractivity contribution in [1.82, 2.24) is 10.6 Å². The van der Waals surface area contributed by atoms with Crippen LogP contribution in [0.5, 0.6) is 0 Å². The van der Waals surface area contributed by atoms with E-state index in [1.165, 1.54) is 0 Å². The minimum Gasteiger partial charge on any atom is -0.351 e. The van der Waals surface area contributed by atoms with Crippen molar-refractivity contribution in [2.75, 3.05) is 0 Å². The van der Waals surface area contributed by atoms with Gasteiger partial charge in [0, 0.05) is 22.5 Å². The summed E-state index contributed by atoms with van der Waals surface area (Å²) in [4.78, 5) is 23.3. The van der Waals surface area contributed by atoms with Gasteiger partial charge in [0.1, 0.15) is 6.04 Å². The van der Waals surface area contributed by atoms with Crippen molar-refractivity contribution in [2.24, 2.45) is 0 Å². The Bertz CT molecular complexity index is 548. The molecule has 21 heavy (non-hydrogen) atoms. The monoisotopic (exact) mass is 328 g/mol. The van der Waals surface area contributed by atoms with Crippen LogP contribution in [0, 0.1) is 0 Å². The summed E-state index contributed by atoms with van der Waals surface area (Å²) in [6.45, 7) is 2.00. The Hall–Kier alpha value is -1.26. The van der Waals surface area contributed by atoms with Crippen LogP contribution in [0.15, 0.2) is 18.2 Å². The van der Waals surface area contributed by atoms with Crippen LogP contribution >= 0.6 is 23.2 Å². The van der Waals surface area contributed by atoms with Gasteiger partial charge in [-0.15, -0.1) is 0 Å². The maximum atomic E-state index is 12.1. The molecule has 2 rings (SSSR count). The van der Waals surface area contributed by atoms with Crippen molar-refractivity contribution in [1.29, 1.82) is 0 Å². The van der Waals surface area contributed by atoms with Gasteiger partial charge >= 0.3 is 0 Å². The second kappa shape index (κ2) is 7.14. The molecule has 1 saturated heterocycles. The molecule has 0 unspecified atom stereocenters. The summed E-state index contributed by atoms with van der Waals surface area (Å²) in [5.41, 5.74) is 0.948. The average Bonchev–Trinajstić information content (AvgIpc) is 2.87. The first-order valence-electron chi connectivity index (χ1n) is 7.03. The van der Waals surface area contributed by atoms with Gasteiger partial charge < -0.3 is 10.6 Å². The Kier molecular flexibility index (Phi) is 5.48. The molecule has 1 heterocycles. The van der Waals surface area contributed by atoms with Gasteiger partial charge in [0.2, 0.25) is 11.8 Å². The minimum atomic E-state index is -0.410. The molecule has 0 aliphatic carbocycles. The van der Waals surface area contributed by atoms with Gasteiger partial charge in [-0.25, -0.2) is 0 Å². The van der Waals surface area contributed by atoms with Crippen molar-refractivity contribution in [3.8, 4) is 0 Å². The second-order valence-electron chi connectivity index (χ2n) is 5.21. The van der Waals surface area contributed by atoms with Gasteiger partial charge in [0.15, 0.2) is 0 Å². The van der Waals surface area contributed by atoms with Crippen molar-refractivity contribution in [2.45, 2.75) is 44.7 Å². The lowest BCUT2D eigenvalue weighted by Gasteiger charge is -2.20. The first kappa shape index (κ1) is 16.1. The van der Waals surface area contributed by atoms with Gasteiger partial charge in [0.05, 0.1) is 0 Å². The molecular formula is C15H18Cl2N2O2. The maximum Gasteiger partial charge on any atom is 0.242 e. The zero-order chi connectivity index (χ0) is 15.4. The van der Waals surface area contributed by atoms with Crippen LogP contribution in [-0.2, 0) is 16.0 Å². The second-order valence-corrected chi connectivity index (χ2v) is 6.06. The number of nitrogens with one attached hydrogen (secondary N) is 2. The minimum absolute atomic E-state index is 0.0197. The van der Waals surface area contributed by atoms with E-state index in [1.54, 1.807) is 12.1 Å². The molecule has 2 amide bonds. The fraction of sp³-hybridized carbons (Fsp3) is 0.467. The molecule has 2 N–H and O–H groups in total. The molecule has 2 atom stereocenters. The van der Waals surface area contributed by atoms with Gasteiger partial charge in [-0.3, -0.25) is 9.59 Å². The molecular weight excluding hydrogens is 311 g/mol. The third kappa shape index (κ3) is 4.35. The molecule has 1 aliphatic rings. The van der Waals surface area contributed by atoms with Gasteiger partial charge in [-0.05, 0) is 37.0 Å². The molecule has 0 bridgehead atoms. The smallest absolute Gasteiger partial charge is 0.242 e. The number of carbonyl (C=O) groups is 2. The molecule has 1 fully saturated rings. The summed E-state index contributed by atoms with van der Waals surface area (Å²) in [5.74, 6) is -0.193. The highest BCUT2D eigenvalue weighted by Crippen LogP contribution is 2.22. The van der Waals surface area contributed by atoms with Crippen LogP contribution in [-0.4, -0.2) is 23.9 Å². The van der Waals surface area contributed by atoms with E-state index in [0.29, 0.717) is 29.3 Å². The Balaban J connectivity index is 1.96. The zero-order valence-corrected chi connectivity index (χ0v) is 13.3. The first-order valence-corrected chi connectivity index (χ1v) is 7.79. The van der Waals surface area contributed by atoms with E-state index < -0.39 is 6.04 Å². The highest BCUT2D eigenvalue weighted by molar-refractivity contribution is 6.35. The fourth-order valence-corrected chi connectivity index (χ4v) is 2.85. The lowest BCUT2D eigenvalue weighted by Crippen LogP contribution is -2.46. The largest absolute Gasteiger partial charge is 0.351 e. The normalized spacial score (nSPS) is 19.2. The summed E-state index contributed by atoms with van der Waals surface area (Å²) >= 11 is 12.0. The molecule has 0 saturated carbocycles. The van der Waals surface area contributed by atoms with E-state index in [9.17, 15) is 9.59 Å². The van der Waals surface area contributed by atoms with Crippen molar-refractivity contribution >= 4 is 35.0 Å². The predicted octanol–water partition coefficient (Wildman–Crippen LogP) is 2.71. The van der Waals surface area contributed by atoms with Crippen molar-refractivity contribution < 1.29 is 9.59 Å². The third-order valence-electron chi connectivity index (χ3n) is 3.63. The molecule has 0 aromatic heterocycles. The van der Waals surface area contributed by atoms with Gasteiger partial charge in [0.25, 0.3) is 0 Å². The van der Waals surface area contributed by atoms with E-state index >= 15 is 0 Å². The quantitative estimate of drug-likeness (QED) is 0.873. The lowest BCUT2D eigenvalue weighted by molar-refractivity contribution is -0.126. The standard InChI is InChI=1S/C15H18Cl2N2O2/c1-2-11(7-9-3-4-10(16)8-12(9)17)18-15(21)13-5-6-14(20)19-13/h3-4,8,11,13H,2,5-7H2,1H3,(H,18,21)(H,19,20)/t11-,13+/m0/s1. The lowest BCUT2D eigenvalue weighted by atomic mass is 10.0. The topological polar surface area (TPSA) is 58.2 Å². The SMILES string of the molecule is CC[C@@H](Cc1ccc(Cl)cc1Cl)NC(=O)[C@H]1CCC(=O)N1. The molecule has 1 aliphatic heterocycles. The van der Waals surface area contributed by atoms with Crippen LogP contribution in [0.3, 0.4) is 0 Å². The van der Waals surface area contributed by atoms with E-state index in [-0.39, 0.29) is 17.9 Å². The van der Waals surface area contributed by atoms with Crippen LogP contribution in [0.2, 0.25) is 10.0 Å². The number of hydrogen-bond donors (Lipinski definition) is 2. The summed E-state index contributed by atoms with van der Waals surface area (Å²) < 4.78 is 0. The van der Waals surface area contributed by atoms with E-state index in [4.69, 9.17) is 23.2 Å². The molecule has 1 aromatic carbocycles. The van der Waals surface area contributed by atoms with Crippen LogP contribution in [0.4, 0.5) is 0 Å². The van der Waals surface area contributed by atoms with Gasteiger partial charge in [-0.1, -0.05) is 36.2 Å². The van der Waals surface area contributed by atoms with Gasteiger partial charge in [-0.2, -0.15) is 0 Å². The van der Waals surface area contributed by atoms with Crippen LogP contribution < -0.4 is 10.6 Å². The number of rotatable bonds is 5. The maximum absolute atomic E-state index is 12.1. The number of benzene rings is 1. The Morgan fingerprint density at radius 1 is 1.48 bits per heavy atom. The molecule has 1 aromatic rings. The first-order chi connectivity index (χ1) is 9.99. The zero-order valence-electron chi connectivity index (χ0n) is 11.8.